The molecule has 3 rings (SSSR count). The zero-order chi connectivity index (χ0) is 21.7. The number of hydrogen-bond donors (Lipinski definition) is 3. The Morgan fingerprint density at radius 1 is 1.07 bits per heavy atom. The standard InChI is InChI=1S/C20H22N6O4/c1-12(2)29-15-8-13(19(27)23-18-6-7-26(3)25-18)9-16(10-15)30-14-4-5-17(22-11-14)20(28)24-21/h4-12H,21H2,1-3H3,(H,24,28)(H,23,25,27). The number of ether oxygens (including phenoxy) is 2. The second-order valence-corrected chi connectivity index (χ2v) is 6.64. The van der Waals surface area contributed by atoms with Crippen LogP contribution in [0.5, 0.6) is 17.2 Å². The van der Waals surface area contributed by atoms with Crippen molar-refractivity contribution in [1.29, 1.82) is 0 Å². The maximum atomic E-state index is 12.7. The van der Waals surface area contributed by atoms with Crippen molar-refractivity contribution in [2.45, 2.75) is 20.0 Å². The number of hydrogen-bond acceptors (Lipinski definition) is 7. The van der Waals surface area contributed by atoms with Crippen LogP contribution in [0.2, 0.25) is 0 Å². The van der Waals surface area contributed by atoms with Crippen molar-refractivity contribution in [2.24, 2.45) is 12.9 Å². The number of hydrazine groups is 1. The fraction of sp³-hybridized carbons (Fsp3) is 0.200. The van der Waals surface area contributed by atoms with E-state index in [1.54, 1.807) is 48.3 Å². The highest BCUT2D eigenvalue weighted by Crippen LogP contribution is 2.28. The van der Waals surface area contributed by atoms with Crippen LogP contribution in [0, 0.1) is 0 Å². The molecule has 10 heteroatoms. The monoisotopic (exact) mass is 410 g/mol. The van der Waals surface area contributed by atoms with Crippen molar-refractivity contribution >= 4 is 17.6 Å². The van der Waals surface area contributed by atoms with Crippen molar-refractivity contribution in [3.63, 3.8) is 0 Å². The number of nitrogens with one attached hydrogen (secondary N) is 2. The van der Waals surface area contributed by atoms with Crippen molar-refractivity contribution in [2.75, 3.05) is 5.32 Å². The smallest absolute Gasteiger partial charge is 0.283 e. The summed E-state index contributed by atoms with van der Waals surface area (Å²) in [5.41, 5.74) is 2.49. The first-order valence-electron chi connectivity index (χ1n) is 9.11. The molecule has 0 aliphatic carbocycles. The van der Waals surface area contributed by atoms with Gasteiger partial charge in [-0.2, -0.15) is 5.10 Å². The average Bonchev–Trinajstić information content (AvgIpc) is 3.11. The largest absolute Gasteiger partial charge is 0.491 e. The second-order valence-electron chi connectivity index (χ2n) is 6.64. The Hall–Kier alpha value is -3.92. The van der Waals surface area contributed by atoms with Gasteiger partial charge >= 0.3 is 0 Å². The molecule has 0 unspecified atom stereocenters. The summed E-state index contributed by atoms with van der Waals surface area (Å²) >= 11 is 0. The first-order chi connectivity index (χ1) is 14.3. The number of pyridine rings is 1. The van der Waals surface area contributed by atoms with Gasteiger partial charge in [0.15, 0.2) is 5.82 Å². The minimum Gasteiger partial charge on any atom is -0.491 e. The number of nitrogens with two attached hydrogens (primary N) is 1. The SMILES string of the molecule is CC(C)Oc1cc(Oc2ccc(C(=O)NN)nc2)cc(C(=O)Nc2ccn(C)n2)c1. The summed E-state index contributed by atoms with van der Waals surface area (Å²) in [6.07, 6.45) is 3.01. The summed E-state index contributed by atoms with van der Waals surface area (Å²) in [6, 6.07) is 9.60. The molecule has 30 heavy (non-hydrogen) atoms. The molecule has 0 aliphatic heterocycles. The van der Waals surface area contributed by atoms with E-state index in [0.29, 0.717) is 28.6 Å². The average molecular weight is 410 g/mol. The number of carbonyl (C=O) groups is 2. The third-order valence-electron chi connectivity index (χ3n) is 3.81. The fourth-order valence-electron chi connectivity index (χ4n) is 2.56. The zero-order valence-electron chi connectivity index (χ0n) is 16.7. The molecule has 10 nitrogen and oxygen atoms in total. The summed E-state index contributed by atoms with van der Waals surface area (Å²) in [5, 5.41) is 6.87. The maximum absolute atomic E-state index is 12.7. The molecular weight excluding hydrogens is 388 g/mol. The van der Waals surface area contributed by atoms with Gasteiger partial charge in [-0.3, -0.25) is 19.7 Å². The molecule has 0 spiro atoms. The Labute approximate surface area is 173 Å². The summed E-state index contributed by atoms with van der Waals surface area (Å²) in [5.74, 6) is 5.87. The first kappa shape index (κ1) is 20.8. The van der Waals surface area contributed by atoms with Crippen LogP contribution in [-0.2, 0) is 7.05 Å². The van der Waals surface area contributed by atoms with Crippen LogP contribution in [0.25, 0.3) is 0 Å². The van der Waals surface area contributed by atoms with Gasteiger partial charge in [0.05, 0.1) is 12.3 Å². The fourth-order valence-corrected chi connectivity index (χ4v) is 2.56. The minimum absolute atomic E-state index is 0.0947. The topological polar surface area (TPSA) is 133 Å². The molecule has 1 aromatic carbocycles. The third-order valence-corrected chi connectivity index (χ3v) is 3.81. The molecule has 0 bridgehead atoms. The van der Waals surface area contributed by atoms with E-state index >= 15 is 0 Å². The van der Waals surface area contributed by atoms with E-state index in [1.165, 1.54) is 12.3 Å². The lowest BCUT2D eigenvalue weighted by Crippen LogP contribution is -2.30. The molecular formula is C20H22N6O4. The number of nitrogen functional groups attached to an aromatic ring is 1. The van der Waals surface area contributed by atoms with Gasteiger partial charge in [-0.15, -0.1) is 0 Å². The van der Waals surface area contributed by atoms with E-state index in [0.717, 1.165) is 0 Å². The van der Waals surface area contributed by atoms with Gasteiger partial charge in [-0.25, -0.2) is 10.8 Å². The van der Waals surface area contributed by atoms with Crippen molar-refractivity contribution in [3.05, 3.63) is 60.0 Å². The molecule has 0 fully saturated rings. The quantitative estimate of drug-likeness (QED) is 0.309. The molecule has 4 N–H and O–H groups in total. The molecule has 2 heterocycles. The van der Waals surface area contributed by atoms with Crippen LogP contribution in [0.1, 0.15) is 34.7 Å². The molecule has 156 valence electrons. The van der Waals surface area contributed by atoms with Crippen molar-refractivity contribution in [1.82, 2.24) is 20.2 Å². The summed E-state index contributed by atoms with van der Waals surface area (Å²) in [7, 11) is 1.76. The van der Waals surface area contributed by atoms with Crippen LogP contribution in [0.15, 0.2) is 48.8 Å². The Morgan fingerprint density at radius 2 is 1.83 bits per heavy atom. The van der Waals surface area contributed by atoms with Gasteiger partial charge in [-0.1, -0.05) is 0 Å². The van der Waals surface area contributed by atoms with E-state index in [-0.39, 0.29) is 17.7 Å². The van der Waals surface area contributed by atoms with E-state index in [9.17, 15) is 9.59 Å². The Kier molecular flexibility index (Phi) is 6.28. The van der Waals surface area contributed by atoms with Crippen LogP contribution in [0.4, 0.5) is 5.82 Å². The van der Waals surface area contributed by atoms with Crippen LogP contribution < -0.4 is 26.1 Å². The Morgan fingerprint density at radius 3 is 2.43 bits per heavy atom. The lowest BCUT2D eigenvalue weighted by molar-refractivity contribution is 0.0948. The van der Waals surface area contributed by atoms with Crippen LogP contribution in [-0.4, -0.2) is 32.7 Å². The number of rotatable bonds is 7. The number of nitrogens with zero attached hydrogens (tertiary/aromatic N) is 3. The van der Waals surface area contributed by atoms with Gasteiger partial charge in [-0.05, 0) is 38.1 Å². The summed E-state index contributed by atoms with van der Waals surface area (Å²) < 4.78 is 13.1. The maximum Gasteiger partial charge on any atom is 0.283 e. The first-order valence-corrected chi connectivity index (χ1v) is 9.11. The number of aromatic nitrogens is 3. The number of anilines is 1. The van der Waals surface area contributed by atoms with Gasteiger partial charge in [0, 0.05) is 30.9 Å². The predicted octanol–water partition coefficient (Wildman–Crippen LogP) is 2.25. The molecule has 0 saturated carbocycles. The number of benzene rings is 1. The number of carbonyl (C=O) groups excluding carboxylic acids is 2. The highest BCUT2D eigenvalue weighted by Gasteiger charge is 2.14. The number of aryl methyl sites for hydroxylation is 1. The lowest BCUT2D eigenvalue weighted by Gasteiger charge is -2.14. The molecule has 0 atom stereocenters. The van der Waals surface area contributed by atoms with Crippen LogP contribution in [0.3, 0.4) is 0 Å². The normalized spacial score (nSPS) is 10.6. The van der Waals surface area contributed by atoms with Crippen LogP contribution >= 0.6 is 0 Å². The highest BCUT2D eigenvalue weighted by molar-refractivity contribution is 6.04. The molecule has 0 aliphatic rings. The van der Waals surface area contributed by atoms with Gasteiger partial charge in [0.2, 0.25) is 0 Å². The van der Waals surface area contributed by atoms with Gasteiger partial charge < -0.3 is 14.8 Å². The second kappa shape index (κ2) is 9.05. The summed E-state index contributed by atoms with van der Waals surface area (Å²) in [4.78, 5) is 28.2. The highest BCUT2D eigenvalue weighted by atomic mass is 16.5. The molecule has 2 aromatic heterocycles. The number of amides is 2. The molecule has 2 amide bonds. The predicted molar refractivity (Wildman–Crippen MR) is 109 cm³/mol. The van der Waals surface area contributed by atoms with Crippen molar-refractivity contribution < 1.29 is 19.1 Å². The molecule has 0 radical (unpaired) electrons. The Bertz CT molecular complexity index is 1050. The van der Waals surface area contributed by atoms with E-state index in [1.807, 2.05) is 19.3 Å². The van der Waals surface area contributed by atoms with E-state index in [4.69, 9.17) is 15.3 Å². The Balaban J connectivity index is 1.84. The minimum atomic E-state index is -0.512. The third kappa shape index (κ3) is 5.32. The van der Waals surface area contributed by atoms with E-state index < -0.39 is 5.91 Å². The molecule has 3 aromatic rings. The van der Waals surface area contributed by atoms with E-state index in [2.05, 4.69) is 15.4 Å². The van der Waals surface area contributed by atoms with Gasteiger partial charge in [0.25, 0.3) is 11.8 Å². The van der Waals surface area contributed by atoms with Crippen molar-refractivity contribution in [3.8, 4) is 17.2 Å². The zero-order valence-corrected chi connectivity index (χ0v) is 16.7. The van der Waals surface area contributed by atoms with Gasteiger partial charge in [0.1, 0.15) is 22.9 Å². The summed E-state index contributed by atoms with van der Waals surface area (Å²) in [6.45, 7) is 3.76. The molecule has 0 saturated heterocycles. The lowest BCUT2D eigenvalue weighted by atomic mass is 10.2.